The number of aromatic nitrogens is 2. The van der Waals surface area contributed by atoms with Gasteiger partial charge in [-0.1, -0.05) is 0 Å². The first-order valence-electron chi connectivity index (χ1n) is 6.69. The molecule has 0 radical (unpaired) electrons. The third-order valence-corrected chi connectivity index (χ3v) is 3.42. The lowest BCUT2D eigenvalue weighted by Gasteiger charge is -2.30. The van der Waals surface area contributed by atoms with Crippen LogP contribution in [0.3, 0.4) is 0 Å². The van der Waals surface area contributed by atoms with Crippen LogP contribution in [-0.4, -0.2) is 52.9 Å². The highest BCUT2D eigenvalue weighted by Gasteiger charge is 2.23. The van der Waals surface area contributed by atoms with E-state index < -0.39 is 0 Å². The minimum Gasteiger partial charge on any atom is -0.378 e. The zero-order valence-electron chi connectivity index (χ0n) is 11.8. The molecule has 0 unspecified atom stereocenters. The molecule has 1 aliphatic heterocycles. The van der Waals surface area contributed by atoms with Crippen LogP contribution in [0.1, 0.15) is 25.5 Å². The predicted octanol–water partition coefficient (Wildman–Crippen LogP) is 0.318. The van der Waals surface area contributed by atoms with Gasteiger partial charge in [-0.05, 0) is 13.8 Å². The first-order valence-corrected chi connectivity index (χ1v) is 6.69. The van der Waals surface area contributed by atoms with E-state index in [9.17, 15) is 4.79 Å². The topological polar surface area (TPSA) is 59.4 Å². The fraction of sp³-hybridized carbons (Fsp3) is 0.692. The zero-order valence-corrected chi connectivity index (χ0v) is 11.8. The molecule has 2 rings (SSSR count). The molecule has 1 saturated heterocycles. The van der Waals surface area contributed by atoms with Gasteiger partial charge in [0.05, 0.1) is 25.5 Å². The van der Waals surface area contributed by atoms with E-state index in [1.54, 1.807) is 4.68 Å². The number of aryl methyl sites for hydroxylation is 1. The van der Waals surface area contributed by atoms with E-state index in [4.69, 9.17) is 4.74 Å². The Balaban J connectivity index is 1.89. The van der Waals surface area contributed by atoms with Crippen molar-refractivity contribution in [2.75, 3.05) is 26.3 Å². The molecule has 1 aliphatic rings. The number of carbonyl (C=O) groups is 1. The van der Waals surface area contributed by atoms with Crippen molar-refractivity contribution >= 4 is 5.91 Å². The third kappa shape index (κ3) is 3.54. The van der Waals surface area contributed by atoms with Gasteiger partial charge in [0.25, 0.3) is 0 Å². The van der Waals surface area contributed by atoms with Gasteiger partial charge in [0.15, 0.2) is 0 Å². The van der Waals surface area contributed by atoms with E-state index in [0.717, 1.165) is 5.56 Å². The van der Waals surface area contributed by atoms with Crippen LogP contribution in [0.25, 0.3) is 0 Å². The minimum absolute atomic E-state index is 0.105. The van der Waals surface area contributed by atoms with E-state index in [-0.39, 0.29) is 18.0 Å². The molecule has 0 saturated carbocycles. The summed E-state index contributed by atoms with van der Waals surface area (Å²) in [5.74, 6) is 0.138. The molecule has 6 heteroatoms. The first-order chi connectivity index (χ1) is 9.08. The molecule has 1 amide bonds. The lowest BCUT2D eigenvalue weighted by Crippen LogP contribution is -2.49. The normalized spacial score (nSPS) is 19.2. The largest absolute Gasteiger partial charge is 0.378 e. The molecule has 0 aromatic carbocycles. The molecule has 1 aromatic heterocycles. The smallest absolute Gasteiger partial charge is 0.239 e. The van der Waals surface area contributed by atoms with Crippen molar-refractivity contribution in [2.24, 2.45) is 7.05 Å². The van der Waals surface area contributed by atoms with Crippen molar-refractivity contribution in [3.05, 3.63) is 18.0 Å². The monoisotopic (exact) mass is 266 g/mol. The average Bonchev–Trinajstić information content (AvgIpc) is 2.85. The molecule has 0 spiro atoms. The first kappa shape index (κ1) is 14.0. The van der Waals surface area contributed by atoms with Crippen molar-refractivity contribution in [2.45, 2.75) is 25.9 Å². The number of nitrogens with zero attached hydrogens (tertiary/aromatic N) is 3. The van der Waals surface area contributed by atoms with Crippen LogP contribution in [0, 0.1) is 0 Å². The highest BCUT2D eigenvalue weighted by atomic mass is 16.5. The fourth-order valence-electron chi connectivity index (χ4n) is 2.26. The van der Waals surface area contributed by atoms with E-state index in [1.807, 2.05) is 38.2 Å². The number of rotatable bonds is 4. The van der Waals surface area contributed by atoms with Crippen LogP contribution in [0.5, 0.6) is 0 Å². The second-order valence-electron chi connectivity index (χ2n) is 5.00. The number of amides is 1. The van der Waals surface area contributed by atoms with Crippen LogP contribution in [-0.2, 0) is 16.6 Å². The summed E-state index contributed by atoms with van der Waals surface area (Å²) in [6.45, 7) is 6.59. The third-order valence-electron chi connectivity index (χ3n) is 3.42. The molecule has 0 aliphatic carbocycles. The van der Waals surface area contributed by atoms with Gasteiger partial charge in [0, 0.05) is 37.9 Å². The van der Waals surface area contributed by atoms with Crippen LogP contribution >= 0.6 is 0 Å². The van der Waals surface area contributed by atoms with Gasteiger partial charge in [-0.2, -0.15) is 5.10 Å². The molecular weight excluding hydrogens is 244 g/mol. The second kappa shape index (κ2) is 6.16. The van der Waals surface area contributed by atoms with Gasteiger partial charge in [0.1, 0.15) is 0 Å². The van der Waals surface area contributed by atoms with Gasteiger partial charge in [-0.15, -0.1) is 0 Å². The molecular formula is C13H22N4O2. The number of morpholine rings is 1. The van der Waals surface area contributed by atoms with Crippen LogP contribution in [0.4, 0.5) is 0 Å². The highest BCUT2D eigenvalue weighted by molar-refractivity contribution is 5.81. The summed E-state index contributed by atoms with van der Waals surface area (Å²) in [5.41, 5.74) is 1.09. The number of hydrogen-bond acceptors (Lipinski definition) is 4. The number of ether oxygens (including phenoxy) is 1. The maximum Gasteiger partial charge on any atom is 0.239 e. The zero-order chi connectivity index (χ0) is 13.8. The Morgan fingerprint density at radius 2 is 2.11 bits per heavy atom. The lowest BCUT2D eigenvalue weighted by molar-refractivity contribution is -0.137. The summed E-state index contributed by atoms with van der Waals surface area (Å²) in [5, 5.41) is 7.47. The molecule has 1 fully saturated rings. The van der Waals surface area contributed by atoms with Crippen molar-refractivity contribution in [3.63, 3.8) is 0 Å². The molecule has 2 atom stereocenters. The summed E-state index contributed by atoms with van der Waals surface area (Å²) in [6.07, 6.45) is 3.78. The molecule has 19 heavy (non-hydrogen) atoms. The average molecular weight is 266 g/mol. The Morgan fingerprint density at radius 1 is 1.42 bits per heavy atom. The van der Waals surface area contributed by atoms with Gasteiger partial charge in [0.2, 0.25) is 5.91 Å². The van der Waals surface area contributed by atoms with Crippen molar-refractivity contribution < 1.29 is 9.53 Å². The predicted molar refractivity (Wildman–Crippen MR) is 71.6 cm³/mol. The SMILES string of the molecule is C[C@H](N[C@@H](C)c1cnn(C)c1)C(=O)N1CCOCC1. The molecule has 1 N–H and O–H groups in total. The van der Waals surface area contributed by atoms with Gasteiger partial charge in [-0.25, -0.2) is 0 Å². The fourth-order valence-corrected chi connectivity index (χ4v) is 2.26. The maximum absolute atomic E-state index is 12.3. The quantitative estimate of drug-likeness (QED) is 0.852. The lowest BCUT2D eigenvalue weighted by atomic mass is 10.1. The summed E-state index contributed by atoms with van der Waals surface area (Å²) >= 11 is 0. The van der Waals surface area contributed by atoms with Gasteiger partial charge >= 0.3 is 0 Å². The van der Waals surface area contributed by atoms with Crippen molar-refractivity contribution in [1.29, 1.82) is 0 Å². The Kier molecular flexibility index (Phi) is 4.55. The van der Waals surface area contributed by atoms with Gasteiger partial charge < -0.3 is 9.64 Å². The summed E-state index contributed by atoms with van der Waals surface area (Å²) < 4.78 is 7.02. The maximum atomic E-state index is 12.3. The molecule has 6 nitrogen and oxygen atoms in total. The van der Waals surface area contributed by atoms with E-state index in [0.29, 0.717) is 26.3 Å². The molecule has 106 valence electrons. The van der Waals surface area contributed by atoms with E-state index in [1.165, 1.54) is 0 Å². The minimum atomic E-state index is -0.201. The Morgan fingerprint density at radius 3 is 2.68 bits per heavy atom. The van der Waals surface area contributed by atoms with Crippen LogP contribution in [0.2, 0.25) is 0 Å². The standard InChI is InChI=1S/C13H22N4O2/c1-10(12-8-14-16(3)9-12)15-11(2)13(18)17-4-6-19-7-5-17/h8-11,15H,4-7H2,1-3H3/t10-,11-/m0/s1. The summed E-state index contributed by atoms with van der Waals surface area (Å²) in [4.78, 5) is 14.1. The Hall–Kier alpha value is -1.40. The number of carbonyl (C=O) groups excluding carboxylic acids is 1. The molecule has 0 bridgehead atoms. The second-order valence-corrected chi connectivity index (χ2v) is 5.00. The molecule has 2 heterocycles. The summed E-state index contributed by atoms with van der Waals surface area (Å²) in [6, 6.07) is -0.0954. The summed E-state index contributed by atoms with van der Waals surface area (Å²) in [7, 11) is 1.89. The highest BCUT2D eigenvalue weighted by Crippen LogP contribution is 2.12. The molecule has 1 aromatic rings. The number of nitrogens with one attached hydrogen (secondary N) is 1. The van der Waals surface area contributed by atoms with Crippen LogP contribution < -0.4 is 5.32 Å². The Labute approximate surface area is 113 Å². The van der Waals surface area contributed by atoms with Crippen molar-refractivity contribution in [3.8, 4) is 0 Å². The van der Waals surface area contributed by atoms with E-state index in [2.05, 4.69) is 10.4 Å². The van der Waals surface area contributed by atoms with Gasteiger partial charge in [-0.3, -0.25) is 14.8 Å². The van der Waals surface area contributed by atoms with Crippen LogP contribution in [0.15, 0.2) is 12.4 Å². The van der Waals surface area contributed by atoms with E-state index >= 15 is 0 Å². The Bertz CT molecular complexity index is 426. The number of hydrogen-bond donors (Lipinski definition) is 1. The van der Waals surface area contributed by atoms with Crippen molar-refractivity contribution in [1.82, 2.24) is 20.0 Å².